The molecule has 0 radical (unpaired) electrons. The van der Waals surface area contributed by atoms with E-state index in [1.54, 1.807) is 17.8 Å². The zero-order valence-electron chi connectivity index (χ0n) is 8.81. The third-order valence-electron chi connectivity index (χ3n) is 2.55. The number of hydrogen-bond acceptors (Lipinski definition) is 3. The summed E-state index contributed by atoms with van der Waals surface area (Å²) >= 11 is 7.64. The van der Waals surface area contributed by atoms with Crippen LogP contribution in [0.3, 0.4) is 0 Å². The summed E-state index contributed by atoms with van der Waals surface area (Å²) in [5.41, 5.74) is 0.968. The van der Waals surface area contributed by atoms with E-state index in [1.807, 2.05) is 24.0 Å². The quantitative estimate of drug-likeness (QED) is 0.885. The van der Waals surface area contributed by atoms with Crippen molar-refractivity contribution in [1.29, 1.82) is 0 Å². The largest absolute Gasteiger partial charge is 0.480 e. The summed E-state index contributed by atoms with van der Waals surface area (Å²) in [5, 5.41) is 9.58. The van der Waals surface area contributed by atoms with E-state index < -0.39 is 5.97 Å². The molecule has 1 heterocycles. The van der Waals surface area contributed by atoms with Gasteiger partial charge in [0.2, 0.25) is 0 Å². The van der Waals surface area contributed by atoms with Crippen molar-refractivity contribution in [1.82, 2.24) is 0 Å². The molecule has 1 aliphatic rings. The van der Waals surface area contributed by atoms with Gasteiger partial charge in [-0.3, -0.25) is 4.79 Å². The number of nitrogens with zero attached hydrogens (tertiary/aromatic N) is 1. The van der Waals surface area contributed by atoms with E-state index in [0.717, 1.165) is 16.3 Å². The molecule has 0 spiro atoms. The lowest BCUT2D eigenvalue weighted by Crippen LogP contribution is -2.41. The fourth-order valence-electron chi connectivity index (χ4n) is 1.77. The molecule has 0 saturated carbocycles. The van der Waals surface area contributed by atoms with Gasteiger partial charge in [-0.1, -0.05) is 11.6 Å². The molecule has 1 N–H and O–H groups in total. The maximum absolute atomic E-state index is 10.8. The highest BCUT2D eigenvalue weighted by molar-refractivity contribution is 7.99. The first kappa shape index (κ1) is 11.6. The number of halogens is 1. The Morgan fingerprint density at radius 3 is 3.12 bits per heavy atom. The summed E-state index contributed by atoms with van der Waals surface area (Å²) in [5.74, 6) is 0.0836. The maximum Gasteiger partial charge on any atom is 0.323 e. The molecule has 86 valence electrons. The number of carbonyl (C=O) groups is 1. The van der Waals surface area contributed by atoms with Gasteiger partial charge in [0.05, 0.1) is 5.69 Å². The van der Waals surface area contributed by atoms with Gasteiger partial charge in [-0.05, 0) is 25.1 Å². The Morgan fingerprint density at radius 2 is 2.44 bits per heavy atom. The van der Waals surface area contributed by atoms with Gasteiger partial charge in [-0.15, -0.1) is 11.8 Å². The number of aliphatic carboxylic acids is 1. The zero-order chi connectivity index (χ0) is 11.7. The number of fused-ring (bicyclic) bond motifs is 1. The van der Waals surface area contributed by atoms with Crippen molar-refractivity contribution in [3.8, 4) is 0 Å². The van der Waals surface area contributed by atoms with Crippen LogP contribution in [-0.2, 0) is 4.79 Å². The van der Waals surface area contributed by atoms with Crippen LogP contribution in [-0.4, -0.2) is 29.4 Å². The zero-order valence-corrected chi connectivity index (χ0v) is 10.4. The molecule has 16 heavy (non-hydrogen) atoms. The standard InChI is InChI=1S/C11H12ClNO2S/c1-7-6-16-10-4-8(12)2-3-9(10)13(7)5-11(14)15/h2-4,7H,5-6H2,1H3,(H,14,15). The van der Waals surface area contributed by atoms with Crippen LogP contribution >= 0.6 is 23.4 Å². The van der Waals surface area contributed by atoms with Crippen LogP contribution in [0.15, 0.2) is 23.1 Å². The van der Waals surface area contributed by atoms with E-state index in [0.29, 0.717) is 5.02 Å². The van der Waals surface area contributed by atoms with Gasteiger partial charge in [0, 0.05) is 21.7 Å². The molecule has 2 rings (SSSR count). The van der Waals surface area contributed by atoms with Crippen molar-refractivity contribution < 1.29 is 9.90 Å². The van der Waals surface area contributed by atoms with E-state index >= 15 is 0 Å². The Kier molecular flexibility index (Phi) is 3.30. The fourth-order valence-corrected chi connectivity index (χ4v) is 3.15. The van der Waals surface area contributed by atoms with Crippen LogP contribution < -0.4 is 4.90 Å². The Bertz CT molecular complexity index is 424. The Morgan fingerprint density at radius 1 is 1.69 bits per heavy atom. The molecule has 3 nitrogen and oxygen atoms in total. The average Bonchev–Trinajstić information content (AvgIpc) is 2.22. The van der Waals surface area contributed by atoms with Crippen molar-refractivity contribution >= 4 is 35.0 Å². The molecule has 0 aromatic heterocycles. The molecule has 1 aromatic rings. The van der Waals surface area contributed by atoms with Crippen LogP contribution in [0.2, 0.25) is 5.02 Å². The number of thioether (sulfide) groups is 1. The van der Waals surface area contributed by atoms with Crippen molar-refractivity contribution in [2.45, 2.75) is 17.9 Å². The predicted molar refractivity (Wildman–Crippen MR) is 66.6 cm³/mol. The van der Waals surface area contributed by atoms with Crippen molar-refractivity contribution in [2.24, 2.45) is 0 Å². The van der Waals surface area contributed by atoms with E-state index in [-0.39, 0.29) is 12.6 Å². The molecule has 0 saturated heterocycles. The number of hydrogen-bond donors (Lipinski definition) is 1. The summed E-state index contributed by atoms with van der Waals surface area (Å²) in [6, 6.07) is 5.81. The highest BCUT2D eigenvalue weighted by Crippen LogP contribution is 2.38. The first-order valence-electron chi connectivity index (χ1n) is 4.98. The third kappa shape index (κ3) is 2.28. The number of anilines is 1. The van der Waals surface area contributed by atoms with Crippen LogP contribution in [0.25, 0.3) is 0 Å². The molecule has 0 amide bonds. The first-order chi connectivity index (χ1) is 7.58. The summed E-state index contributed by atoms with van der Waals surface area (Å²) in [7, 11) is 0. The normalized spacial score (nSPS) is 19.4. The summed E-state index contributed by atoms with van der Waals surface area (Å²) < 4.78 is 0. The Hall–Kier alpha value is -0.870. The Labute approximate surface area is 103 Å². The van der Waals surface area contributed by atoms with Gasteiger partial charge >= 0.3 is 5.97 Å². The minimum absolute atomic E-state index is 0.0381. The molecule has 1 unspecified atom stereocenters. The Balaban J connectivity index is 2.36. The molecule has 1 atom stereocenters. The van der Waals surface area contributed by atoms with Crippen molar-refractivity contribution in [2.75, 3.05) is 17.2 Å². The van der Waals surface area contributed by atoms with E-state index in [2.05, 4.69) is 0 Å². The molecule has 0 aliphatic carbocycles. The summed E-state index contributed by atoms with van der Waals surface area (Å²) in [6.45, 7) is 2.07. The van der Waals surface area contributed by atoms with Crippen LogP contribution in [0, 0.1) is 0 Å². The van der Waals surface area contributed by atoms with E-state index in [4.69, 9.17) is 16.7 Å². The van der Waals surface area contributed by atoms with Crippen LogP contribution in [0.5, 0.6) is 0 Å². The molecule has 1 aromatic carbocycles. The van der Waals surface area contributed by atoms with Gasteiger partial charge in [0.1, 0.15) is 6.54 Å². The predicted octanol–water partition coefficient (Wildman–Crippen LogP) is 2.73. The number of carboxylic acids is 1. The lowest BCUT2D eigenvalue weighted by atomic mass is 10.2. The topological polar surface area (TPSA) is 40.5 Å². The minimum Gasteiger partial charge on any atom is -0.480 e. The van der Waals surface area contributed by atoms with Gasteiger partial charge in [-0.25, -0.2) is 0 Å². The van der Waals surface area contributed by atoms with Gasteiger partial charge < -0.3 is 10.0 Å². The SMILES string of the molecule is CC1CSc2cc(Cl)ccc2N1CC(=O)O. The minimum atomic E-state index is -0.806. The third-order valence-corrected chi connectivity index (χ3v) is 4.07. The summed E-state index contributed by atoms with van der Waals surface area (Å²) in [6.07, 6.45) is 0. The lowest BCUT2D eigenvalue weighted by molar-refractivity contribution is -0.135. The lowest BCUT2D eigenvalue weighted by Gasteiger charge is -2.35. The smallest absolute Gasteiger partial charge is 0.323 e. The second-order valence-corrected chi connectivity index (χ2v) is 5.29. The molecule has 0 fully saturated rings. The highest BCUT2D eigenvalue weighted by Gasteiger charge is 2.25. The van der Waals surface area contributed by atoms with Crippen LogP contribution in [0.4, 0.5) is 5.69 Å². The molecular formula is C11H12ClNO2S. The van der Waals surface area contributed by atoms with E-state index in [1.165, 1.54) is 0 Å². The summed E-state index contributed by atoms with van der Waals surface area (Å²) in [4.78, 5) is 13.8. The molecule has 0 bridgehead atoms. The monoisotopic (exact) mass is 257 g/mol. The molecular weight excluding hydrogens is 246 g/mol. The van der Waals surface area contributed by atoms with Gasteiger partial charge in [0.15, 0.2) is 0 Å². The fraction of sp³-hybridized carbons (Fsp3) is 0.364. The van der Waals surface area contributed by atoms with Crippen molar-refractivity contribution in [3.63, 3.8) is 0 Å². The van der Waals surface area contributed by atoms with Gasteiger partial charge in [-0.2, -0.15) is 0 Å². The highest BCUT2D eigenvalue weighted by atomic mass is 35.5. The maximum atomic E-state index is 10.8. The number of carboxylic acid groups (broad SMARTS) is 1. The molecule has 5 heteroatoms. The number of benzene rings is 1. The first-order valence-corrected chi connectivity index (χ1v) is 6.35. The van der Waals surface area contributed by atoms with Crippen molar-refractivity contribution in [3.05, 3.63) is 23.2 Å². The number of rotatable bonds is 2. The molecule has 1 aliphatic heterocycles. The van der Waals surface area contributed by atoms with Crippen LogP contribution in [0.1, 0.15) is 6.92 Å². The average molecular weight is 258 g/mol. The van der Waals surface area contributed by atoms with E-state index in [9.17, 15) is 4.79 Å². The second-order valence-electron chi connectivity index (χ2n) is 3.79. The second kappa shape index (κ2) is 4.55. The van der Waals surface area contributed by atoms with Gasteiger partial charge in [0.25, 0.3) is 0 Å².